The first-order valence-corrected chi connectivity index (χ1v) is 16.6. The number of hydrogen-bond acceptors (Lipinski definition) is 8. The molecule has 0 radical (unpaired) electrons. The van der Waals surface area contributed by atoms with Crippen molar-refractivity contribution in [3.63, 3.8) is 0 Å². The van der Waals surface area contributed by atoms with E-state index in [0.29, 0.717) is 36.8 Å². The van der Waals surface area contributed by atoms with Crippen LogP contribution in [-0.4, -0.2) is 91.7 Å². The Morgan fingerprint density at radius 1 is 1.00 bits per heavy atom. The predicted octanol–water partition coefficient (Wildman–Crippen LogP) is 2.34. The summed E-state index contributed by atoms with van der Waals surface area (Å²) >= 11 is 8.50. The second-order valence-corrected chi connectivity index (χ2v) is 15.0. The third-order valence-electron chi connectivity index (χ3n) is 7.65. The molecule has 3 amide bonds. The van der Waals surface area contributed by atoms with Gasteiger partial charge in [0.25, 0.3) is 10.0 Å². The van der Waals surface area contributed by atoms with Crippen LogP contribution >= 0.6 is 34.3 Å². The van der Waals surface area contributed by atoms with E-state index < -0.39 is 16.1 Å². The minimum absolute atomic E-state index is 0.0297. The van der Waals surface area contributed by atoms with E-state index in [1.54, 1.807) is 17.0 Å². The van der Waals surface area contributed by atoms with Crippen molar-refractivity contribution in [3.05, 3.63) is 28.6 Å². The number of primary amides is 1. The zero-order valence-electron chi connectivity index (χ0n) is 21.4. The van der Waals surface area contributed by atoms with Crippen LogP contribution in [0.1, 0.15) is 38.5 Å². The van der Waals surface area contributed by atoms with E-state index in [1.165, 1.54) is 22.3 Å². The summed E-state index contributed by atoms with van der Waals surface area (Å²) in [5, 5.41) is 0. The largest absolute Gasteiger partial charge is 0.368 e. The molecular weight excluding hydrogens is 582 g/mol. The third kappa shape index (κ3) is 6.33. The summed E-state index contributed by atoms with van der Waals surface area (Å²) in [4.78, 5) is 45.3. The van der Waals surface area contributed by atoms with Crippen molar-refractivity contribution in [2.75, 3.05) is 32.7 Å². The van der Waals surface area contributed by atoms with E-state index in [0.717, 1.165) is 53.3 Å². The Labute approximate surface area is 241 Å². The Hall–Kier alpha value is -2.03. The quantitative estimate of drug-likeness (QED) is 0.446. The van der Waals surface area contributed by atoms with Gasteiger partial charge in [-0.15, -0.1) is 22.7 Å². The van der Waals surface area contributed by atoms with Crippen LogP contribution in [0.2, 0.25) is 4.34 Å². The zero-order valence-corrected chi connectivity index (χ0v) is 24.6. The number of sulfonamides is 1. The molecule has 0 aliphatic carbocycles. The highest BCUT2D eigenvalue weighted by Crippen LogP contribution is 2.37. The first kappa shape index (κ1) is 28.5. The molecule has 0 bridgehead atoms. The second-order valence-electron chi connectivity index (χ2n) is 10.2. The van der Waals surface area contributed by atoms with Gasteiger partial charge in [-0.05, 0) is 69.3 Å². The van der Waals surface area contributed by atoms with Gasteiger partial charge in [0.2, 0.25) is 17.7 Å². The number of nitrogens with one attached hydrogen (secondary N) is 1. The molecule has 5 rings (SSSR count). The Kier molecular flexibility index (Phi) is 8.65. The minimum atomic E-state index is -3.92. The fraction of sp³-hybridized carbons (Fsp3) is 0.560. The number of nitrogens with zero attached hydrogens (tertiary/aromatic N) is 3. The van der Waals surface area contributed by atoms with Crippen LogP contribution in [0.4, 0.5) is 0 Å². The molecule has 5 heterocycles. The van der Waals surface area contributed by atoms with E-state index in [4.69, 9.17) is 17.3 Å². The van der Waals surface area contributed by atoms with Crippen molar-refractivity contribution in [1.29, 1.82) is 0 Å². The summed E-state index contributed by atoms with van der Waals surface area (Å²) in [5.41, 5.74) is 5.56. The van der Waals surface area contributed by atoms with Gasteiger partial charge in [-0.3, -0.25) is 19.3 Å². The molecule has 3 aliphatic rings. The first-order valence-electron chi connectivity index (χ1n) is 13.1. The smallest absolute Gasteiger partial charge is 0.250 e. The maximum absolute atomic E-state index is 13.3. The lowest BCUT2D eigenvalue weighted by atomic mass is 10.1. The number of thiophene rings is 2. The normalized spacial score (nSPS) is 24.5. The van der Waals surface area contributed by atoms with Crippen molar-refractivity contribution in [2.24, 2.45) is 5.73 Å². The average molecular weight is 614 g/mol. The molecule has 0 spiro atoms. The summed E-state index contributed by atoms with van der Waals surface area (Å²) in [6.45, 7) is 2.29. The Bertz CT molecular complexity index is 1350. The summed E-state index contributed by atoms with van der Waals surface area (Å²) in [5.74, 6) is -0.865. The lowest BCUT2D eigenvalue weighted by Gasteiger charge is -2.35. The van der Waals surface area contributed by atoms with Gasteiger partial charge in [-0.2, -0.15) is 4.72 Å². The zero-order chi connectivity index (χ0) is 27.7. The van der Waals surface area contributed by atoms with Crippen molar-refractivity contribution in [3.8, 4) is 9.75 Å². The molecule has 3 aliphatic heterocycles. The van der Waals surface area contributed by atoms with Gasteiger partial charge >= 0.3 is 0 Å². The molecule has 212 valence electrons. The number of rotatable bonds is 9. The number of amides is 3. The maximum atomic E-state index is 13.3. The number of halogens is 1. The van der Waals surface area contributed by atoms with Crippen LogP contribution in [0.3, 0.4) is 0 Å². The van der Waals surface area contributed by atoms with Crippen LogP contribution in [0, 0.1) is 0 Å². The number of carbonyl (C=O) groups excluding carboxylic acids is 3. The van der Waals surface area contributed by atoms with Gasteiger partial charge in [0.05, 0.1) is 16.9 Å². The highest BCUT2D eigenvalue weighted by Gasteiger charge is 2.38. The maximum Gasteiger partial charge on any atom is 0.250 e. The average Bonchev–Trinajstić information content (AvgIpc) is 3.69. The van der Waals surface area contributed by atoms with Crippen LogP contribution in [0.15, 0.2) is 28.5 Å². The number of carbonyl (C=O) groups is 3. The molecule has 2 aromatic rings. The number of piperidine rings is 1. The molecule has 3 atom stereocenters. The van der Waals surface area contributed by atoms with Gasteiger partial charge in [-0.25, -0.2) is 8.42 Å². The molecule has 3 unspecified atom stereocenters. The molecule has 39 heavy (non-hydrogen) atoms. The molecule has 2 aromatic heterocycles. The molecule has 10 nitrogen and oxygen atoms in total. The standard InChI is InChI=1S/C25H32ClN5O5S3/c26-21-9-7-19(37-21)20-8-10-23(38-20)39(35,36)28-17-5-2-12-30(25(17)34)15-22(32)31-13-1-4-16(31)14-29-11-3-6-18(29)24(27)33/h7-10,16-18,28H,1-6,11-15H2,(H2,27,33). The van der Waals surface area contributed by atoms with E-state index in [-0.39, 0.29) is 40.6 Å². The summed E-state index contributed by atoms with van der Waals surface area (Å²) in [6.07, 6.45) is 4.31. The molecule has 3 fully saturated rings. The molecule has 3 saturated heterocycles. The lowest BCUT2D eigenvalue weighted by Crippen LogP contribution is -2.55. The van der Waals surface area contributed by atoms with Crippen molar-refractivity contribution < 1.29 is 22.8 Å². The molecular formula is C25H32ClN5O5S3. The molecule has 0 saturated carbocycles. The van der Waals surface area contributed by atoms with E-state index in [1.807, 2.05) is 6.07 Å². The third-order valence-corrected chi connectivity index (χ3v) is 12.1. The van der Waals surface area contributed by atoms with Gasteiger partial charge in [0.1, 0.15) is 10.3 Å². The molecule has 14 heteroatoms. The monoisotopic (exact) mass is 613 g/mol. The fourth-order valence-corrected chi connectivity index (χ4v) is 9.42. The lowest BCUT2D eigenvalue weighted by molar-refractivity contribution is -0.143. The van der Waals surface area contributed by atoms with Gasteiger partial charge in [0.15, 0.2) is 0 Å². The summed E-state index contributed by atoms with van der Waals surface area (Å²) < 4.78 is 29.5. The van der Waals surface area contributed by atoms with Crippen LogP contribution in [0.5, 0.6) is 0 Å². The molecule has 0 aromatic carbocycles. The minimum Gasteiger partial charge on any atom is -0.368 e. The van der Waals surface area contributed by atoms with Crippen LogP contribution in [0.25, 0.3) is 9.75 Å². The van der Waals surface area contributed by atoms with E-state index in [9.17, 15) is 22.8 Å². The summed E-state index contributed by atoms with van der Waals surface area (Å²) in [7, 11) is -3.92. The highest BCUT2D eigenvalue weighted by atomic mass is 35.5. The Morgan fingerprint density at radius 2 is 1.72 bits per heavy atom. The number of nitrogens with two attached hydrogens (primary N) is 1. The second kappa shape index (κ2) is 11.8. The summed E-state index contributed by atoms with van der Waals surface area (Å²) in [6, 6.07) is 5.62. The SMILES string of the molecule is NC(=O)C1CCCN1CC1CCCN1C(=O)CN1CCCC(NS(=O)(=O)c2ccc(-c3ccc(Cl)s3)s2)C1=O. The van der Waals surface area contributed by atoms with E-state index >= 15 is 0 Å². The van der Waals surface area contributed by atoms with Crippen LogP contribution in [-0.2, 0) is 24.4 Å². The van der Waals surface area contributed by atoms with Crippen molar-refractivity contribution >= 4 is 62.0 Å². The first-order chi connectivity index (χ1) is 18.6. The van der Waals surface area contributed by atoms with Gasteiger partial charge < -0.3 is 15.5 Å². The number of hydrogen-bond donors (Lipinski definition) is 2. The highest BCUT2D eigenvalue weighted by molar-refractivity contribution is 7.91. The van der Waals surface area contributed by atoms with Crippen molar-refractivity contribution in [2.45, 2.75) is 60.9 Å². The predicted molar refractivity (Wildman–Crippen MR) is 151 cm³/mol. The Balaban J connectivity index is 1.20. The topological polar surface area (TPSA) is 133 Å². The van der Waals surface area contributed by atoms with E-state index in [2.05, 4.69) is 9.62 Å². The Morgan fingerprint density at radius 3 is 2.46 bits per heavy atom. The van der Waals surface area contributed by atoms with Gasteiger partial charge in [-0.1, -0.05) is 11.6 Å². The molecule has 3 N–H and O–H groups in total. The van der Waals surface area contributed by atoms with Crippen LogP contribution < -0.4 is 10.5 Å². The van der Waals surface area contributed by atoms with Crippen molar-refractivity contribution in [1.82, 2.24) is 19.4 Å². The fourth-order valence-electron chi connectivity index (χ4n) is 5.74. The van der Waals surface area contributed by atoms with Gasteiger partial charge in [0, 0.05) is 35.4 Å². The number of likely N-dealkylation sites (tertiary alicyclic amines) is 3.